The second kappa shape index (κ2) is 11.2. The largest absolute Gasteiger partial charge is 0.497 e. The number of nitrogens with one attached hydrogen (secondary N) is 2. The lowest BCUT2D eigenvalue weighted by Crippen LogP contribution is -2.18. The van der Waals surface area contributed by atoms with E-state index in [1.54, 1.807) is 49.6 Å². The Hall–Kier alpha value is -2.75. The molecule has 0 unspecified atom stereocenters. The van der Waals surface area contributed by atoms with E-state index in [2.05, 4.69) is 20.8 Å². The summed E-state index contributed by atoms with van der Waals surface area (Å²) in [7, 11) is 1.58. The van der Waals surface area contributed by atoms with Crippen molar-refractivity contribution in [2.45, 2.75) is 25.0 Å². The number of hydrogen-bond donors (Lipinski definition) is 2. The van der Waals surface area contributed by atoms with Crippen LogP contribution in [0.4, 0.5) is 11.4 Å². The smallest absolute Gasteiger partial charge is 0.234 e. The van der Waals surface area contributed by atoms with Gasteiger partial charge in [0.25, 0.3) is 0 Å². The van der Waals surface area contributed by atoms with Crippen LogP contribution in [-0.4, -0.2) is 39.4 Å². The monoisotopic (exact) mass is 493 g/mol. The summed E-state index contributed by atoms with van der Waals surface area (Å²) in [4.78, 5) is 24.7. The van der Waals surface area contributed by atoms with Gasteiger partial charge in [-0.05, 0) is 49.4 Å². The van der Waals surface area contributed by atoms with Crippen molar-refractivity contribution in [2.24, 2.45) is 0 Å². The first-order valence-corrected chi connectivity index (χ1v) is 11.4. The molecule has 8 nitrogen and oxygen atoms in total. The number of carbonyl (C=O) groups is 2. The molecule has 0 radical (unpaired) electrons. The van der Waals surface area contributed by atoms with Crippen LogP contribution in [0.15, 0.2) is 47.6 Å². The number of nitrogens with zero attached hydrogens (tertiary/aromatic N) is 3. The van der Waals surface area contributed by atoms with Crippen LogP contribution in [0.1, 0.15) is 12.7 Å². The summed E-state index contributed by atoms with van der Waals surface area (Å²) < 4.78 is 6.92. The number of hydrogen-bond acceptors (Lipinski definition) is 6. The molecule has 2 amide bonds. The number of anilines is 2. The molecule has 2 aromatic carbocycles. The van der Waals surface area contributed by atoms with Crippen LogP contribution in [0, 0.1) is 0 Å². The summed E-state index contributed by atoms with van der Waals surface area (Å²) in [5, 5.41) is 15.3. The standard InChI is InChI=1S/C21H21Cl2N5O3S/c1-3-28-18(11-19(29)24-15-4-6-17(31-2)7-5-15)26-27-21(28)32-12-20(30)25-16-9-13(22)8-14(23)10-16/h4-10H,3,11-12H2,1-2H3,(H,24,29)(H,25,30). The quantitative estimate of drug-likeness (QED) is 0.425. The molecule has 0 spiro atoms. The summed E-state index contributed by atoms with van der Waals surface area (Å²) in [6.07, 6.45) is 0.0562. The Morgan fingerprint density at radius 2 is 1.66 bits per heavy atom. The SMILES string of the molecule is CCn1c(CC(=O)Nc2ccc(OC)cc2)nnc1SCC(=O)Nc1cc(Cl)cc(Cl)c1. The number of thioether (sulfide) groups is 1. The number of benzene rings is 2. The van der Waals surface area contributed by atoms with E-state index in [-0.39, 0.29) is 24.0 Å². The number of halogens is 2. The lowest BCUT2D eigenvalue weighted by molar-refractivity contribution is -0.116. The van der Waals surface area contributed by atoms with Crippen LogP contribution in [0.25, 0.3) is 0 Å². The first-order valence-electron chi connectivity index (χ1n) is 9.62. The van der Waals surface area contributed by atoms with Crippen LogP contribution >= 0.6 is 35.0 Å². The van der Waals surface area contributed by atoms with Gasteiger partial charge in [0.1, 0.15) is 11.6 Å². The van der Waals surface area contributed by atoms with Crippen molar-refractivity contribution in [1.29, 1.82) is 0 Å². The normalized spacial score (nSPS) is 10.6. The lowest BCUT2D eigenvalue weighted by Gasteiger charge is -2.09. The van der Waals surface area contributed by atoms with Crippen LogP contribution in [0.2, 0.25) is 10.0 Å². The Balaban J connectivity index is 1.57. The molecule has 0 saturated heterocycles. The van der Waals surface area contributed by atoms with Gasteiger partial charge >= 0.3 is 0 Å². The second-order valence-corrected chi connectivity index (χ2v) is 8.41. The van der Waals surface area contributed by atoms with E-state index in [1.807, 2.05) is 11.5 Å². The first-order chi connectivity index (χ1) is 15.4. The average Bonchev–Trinajstić information content (AvgIpc) is 3.13. The molecular weight excluding hydrogens is 473 g/mol. The molecule has 0 aliphatic carbocycles. The fraction of sp³-hybridized carbons (Fsp3) is 0.238. The van der Waals surface area contributed by atoms with E-state index in [0.717, 1.165) is 0 Å². The number of amides is 2. The zero-order valence-corrected chi connectivity index (χ0v) is 19.7. The molecule has 0 saturated carbocycles. The van der Waals surface area contributed by atoms with Crippen LogP contribution in [-0.2, 0) is 22.6 Å². The van der Waals surface area contributed by atoms with E-state index in [4.69, 9.17) is 27.9 Å². The van der Waals surface area contributed by atoms with Gasteiger partial charge in [0.2, 0.25) is 11.8 Å². The highest BCUT2D eigenvalue weighted by Gasteiger charge is 2.16. The summed E-state index contributed by atoms with van der Waals surface area (Å²) in [5.41, 5.74) is 1.17. The van der Waals surface area contributed by atoms with E-state index < -0.39 is 0 Å². The van der Waals surface area contributed by atoms with Crippen molar-refractivity contribution >= 4 is 58.2 Å². The third-order valence-corrected chi connectivity index (χ3v) is 5.68. The Morgan fingerprint density at radius 1 is 1.00 bits per heavy atom. The zero-order chi connectivity index (χ0) is 23.1. The Bertz CT molecular complexity index is 1090. The van der Waals surface area contributed by atoms with E-state index >= 15 is 0 Å². The summed E-state index contributed by atoms with van der Waals surface area (Å²) in [6, 6.07) is 11.9. The average molecular weight is 494 g/mol. The van der Waals surface area contributed by atoms with Crippen molar-refractivity contribution in [3.8, 4) is 5.75 Å². The molecular formula is C21H21Cl2N5O3S. The molecule has 3 rings (SSSR count). The van der Waals surface area contributed by atoms with Gasteiger partial charge < -0.3 is 19.9 Å². The molecule has 0 atom stereocenters. The number of carbonyl (C=O) groups excluding carboxylic acids is 2. The molecule has 0 bridgehead atoms. The Kier molecular flexibility index (Phi) is 8.38. The zero-order valence-electron chi connectivity index (χ0n) is 17.4. The molecule has 1 heterocycles. The molecule has 0 aliphatic rings. The summed E-state index contributed by atoms with van der Waals surface area (Å²) in [5.74, 6) is 0.878. The molecule has 11 heteroatoms. The van der Waals surface area contributed by atoms with Gasteiger partial charge in [0, 0.05) is 28.0 Å². The summed E-state index contributed by atoms with van der Waals surface area (Å²) >= 11 is 13.1. The number of rotatable bonds is 9. The maximum atomic E-state index is 12.4. The number of aromatic nitrogens is 3. The highest BCUT2D eigenvalue weighted by atomic mass is 35.5. The predicted molar refractivity (Wildman–Crippen MR) is 127 cm³/mol. The molecule has 32 heavy (non-hydrogen) atoms. The van der Waals surface area contributed by atoms with Gasteiger partial charge in [-0.25, -0.2) is 0 Å². The van der Waals surface area contributed by atoms with Gasteiger partial charge in [-0.2, -0.15) is 0 Å². The molecule has 3 aromatic rings. The number of methoxy groups -OCH3 is 1. The van der Waals surface area contributed by atoms with Gasteiger partial charge in [0.15, 0.2) is 5.16 Å². The van der Waals surface area contributed by atoms with Gasteiger partial charge in [0.05, 0.1) is 19.3 Å². The minimum absolute atomic E-state index is 0.0562. The third-order valence-electron chi connectivity index (χ3n) is 4.28. The van der Waals surface area contributed by atoms with Crippen molar-refractivity contribution in [3.05, 3.63) is 58.3 Å². The molecule has 1 aromatic heterocycles. The van der Waals surface area contributed by atoms with Crippen LogP contribution < -0.4 is 15.4 Å². The minimum atomic E-state index is -0.238. The number of ether oxygens (including phenoxy) is 1. The predicted octanol–water partition coefficient (Wildman–Crippen LogP) is 4.53. The molecule has 168 valence electrons. The molecule has 0 fully saturated rings. The Labute approximate surface area is 199 Å². The topological polar surface area (TPSA) is 98.1 Å². The maximum Gasteiger partial charge on any atom is 0.234 e. The highest BCUT2D eigenvalue weighted by Crippen LogP contribution is 2.23. The van der Waals surface area contributed by atoms with E-state index in [9.17, 15) is 9.59 Å². The van der Waals surface area contributed by atoms with Crippen molar-refractivity contribution in [2.75, 3.05) is 23.5 Å². The second-order valence-electron chi connectivity index (χ2n) is 6.59. The van der Waals surface area contributed by atoms with Crippen molar-refractivity contribution in [3.63, 3.8) is 0 Å². The van der Waals surface area contributed by atoms with Crippen molar-refractivity contribution < 1.29 is 14.3 Å². The lowest BCUT2D eigenvalue weighted by atomic mass is 10.3. The van der Waals surface area contributed by atoms with Crippen LogP contribution in [0.5, 0.6) is 5.75 Å². The molecule has 0 aliphatic heterocycles. The van der Waals surface area contributed by atoms with Crippen LogP contribution in [0.3, 0.4) is 0 Å². The van der Waals surface area contributed by atoms with Gasteiger partial charge in [-0.1, -0.05) is 35.0 Å². The van der Waals surface area contributed by atoms with Gasteiger partial charge in [-0.15, -0.1) is 10.2 Å². The van der Waals surface area contributed by atoms with E-state index in [1.165, 1.54) is 11.8 Å². The fourth-order valence-electron chi connectivity index (χ4n) is 2.85. The maximum absolute atomic E-state index is 12.4. The van der Waals surface area contributed by atoms with E-state index in [0.29, 0.717) is 44.7 Å². The minimum Gasteiger partial charge on any atom is -0.497 e. The Morgan fingerprint density at radius 3 is 2.28 bits per heavy atom. The summed E-state index contributed by atoms with van der Waals surface area (Å²) in [6.45, 7) is 2.48. The highest BCUT2D eigenvalue weighted by molar-refractivity contribution is 7.99. The fourth-order valence-corrected chi connectivity index (χ4v) is 4.20. The third kappa shape index (κ3) is 6.62. The van der Waals surface area contributed by atoms with Gasteiger partial charge in [-0.3, -0.25) is 9.59 Å². The molecule has 2 N–H and O–H groups in total. The first kappa shape index (κ1) is 23.9. The van der Waals surface area contributed by atoms with Crippen molar-refractivity contribution in [1.82, 2.24) is 14.8 Å².